The van der Waals surface area contributed by atoms with Crippen molar-refractivity contribution in [3.63, 3.8) is 0 Å². The second kappa shape index (κ2) is 5.91. The number of aromatic hydroxyl groups is 2. The monoisotopic (exact) mass is 316 g/mol. The summed E-state index contributed by atoms with van der Waals surface area (Å²) in [6, 6.07) is 6.99. The van der Waals surface area contributed by atoms with Gasteiger partial charge in [-0.25, -0.2) is 0 Å². The number of benzene rings is 2. The van der Waals surface area contributed by atoms with E-state index in [-0.39, 0.29) is 17.6 Å². The van der Waals surface area contributed by atoms with Gasteiger partial charge >= 0.3 is 0 Å². The highest BCUT2D eigenvalue weighted by Crippen LogP contribution is 2.45. The lowest BCUT2D eigenvalue weighted by molar-refractivity contribution is 0.173. The maximum atomic E-state index is 10.00. The molecule has 1 aliphatic rings. The third kappa shape index (κ3) is 2.63. The number of hydrogen-bond acceptors (Lipinski definition) is 5. The largest absolute Gasteiger partial charge is 0.504 e. The second-order valence-corrected chi connectivity index (χ2v) is 5.62. The fourth-order valence-corrected chi connectivity index (χ4v) is 3.07. The number of methoxy groups -OCH3 is 2. The Morgan fingerprint density at radius 1 is 1.09 bits per heavy atom. The number of phenols is 2. The van der Waals surface area contributed by atoms with E-state index in [2.05, 4.69) is 0 Å². The molecule has 2 aromatic carbocycles. The summed E-state index contributed by atoms with van der Waals surface area (Å²) in [6.07, 6.45) is 1.39. The van der Waals surface area contributed by atoms with Gasteiger partial charge < -0.3 is 24.4 Å². The van der Waals surface area contributed by atoms with Crippen molar-refractivity contribution in [1.29, 1.82) is 0 Å². The quantitative estimate of drug-likeness (QED) is 0.907. The predicted octanol–water partition coefficient (Wildman–Crippen LogP) is 3.49. The van der Waals surface area contributed by atoms with Gasteiger partial charge in [0.1, 0.15) is 11.9 Å². The van der Waals surface area contributed by atoms with Crippen molar-refractivity contribution < 1.29 is 24.4 Å². The van der Waals surface area contributed by atoms with Gasteiger partial charge in [0.05, 0.1) is 14.2 Å². The first-order chi connectivity index (χ1) is 11.0. The minimum atomic E-state index is -0.160. The summed E-state index contributed by atoms with van der Waals surface area (Å²) in [6.45, 7) is 1.87. The highest BCUT2D eigenvalue weighted by Gasteiger charge is 2.26. The minimum absolute atomic E-state index is 0.0967. The molecule has 0 saturated heterocycles. The maximum absolute atomic E-state index is 10.00. The van der Waals surface area contributed by atoms with E-state index in [1.54, 1.807) is 18.2 Å². The molecule has 0 unspecified atom stereocenters. The number of phenolic OH excluding ortho intramolecular Hbond substituents is 2. The molecule has 0 fully saturated rings. The lowest BCUT2D eigenvalue weighted by Gasteiger charge is -2.29. The van der Waals surface area contributed by atoms with Crippen LogP contribution in [0.3, 0.4) is 0 Å². The predicted molar refractivity (Wildman–Crippen MR) is 85.7 cm³/mol. The Hall–Kier alpha value is -2.56. The summed E-state index contributed by atoms with van der Waals surface area (Å²) >= 11 is 0. The maximum Gasteiger partial charge on any atom is 0.167 e. The van der Waals surface area contributed by atoms with Crippen molar-refractivity contribution >= 4 is 0 Å². The Kier molecular flexibility index (Phi) is 3.94. The van der Waals surface area contributed by atoms with Crippen LogP contribution in [0.2, 0.25) is 0 Å². The van der Waals surface area contributed by atoms with E-state index in [0.29, 0.717) is 11.5 Å². The fraction of sp³-hybridized carbons (Fsp3) is 0.333. The van der Waals surface area contributed by atoms with Gasteiger partial charge in [-0.15, -0.1) is 0 Å². The van der Waals surface area contributed by atoms with Gasteiger partial charge in [-0.3, -0.25) is 0 Å². The molecule has 1 atom stereocenters. The summed E-state index contributed by atoms with van der Waals surface area (Å²) in [5, 5.41) is 20.0. The average Bonchev–Trinajstić information content (AvgIpc) is 2.55. The number of fused-ring (bicyclic) bond motifs is 1. The number of hydrogen-bond donors (Lipinski definition) is 2. The zero-order chi connectivity index (χ0) is 16.6. The fourth-order valence-electron chi connectivity index (χ4n) is 3.07. The minimum Gasteiger partial charge on any atom is -0.504 e. The molecule has 2 N–H and O–H groups in total. The Morgan fingerprint density at radius 3 is 2.52 bits per heavy atom. The molecule has 122 valence electrons. The van der Waals surface area contributed by atoms with Gasteiger partial charge in [-0.2, -0.15) is 0 Å². The molecule has 5 nitrogen and oxygen atoms in total. The van der Waals surface area contributed by atoms with Crippen molar-refractivity contribution in [3.8, 4) is 28.7 Å². The first kappa shape index (κ1) is 15.3. The third-order valence-corrected chi connectivity index (χ3v) is 4.23. The van der Waals surface area contributed by atoms with E-state index < -0.39 is 0 Å². The molecular formula is C18H20O5. The Bertz CT molecular complexity index is 739. The molecular weight excluding hydrogens is 296 g/mol. The Labute approximate surface area is 135 Å². The molecule has 0 radical (unpaired) electrons. The summed E-state index contributed by atoms with van der Waals surface area (Å²) in [5.74, 6) is 1.84. The first-order valence-corrected chi connectivity index (χ1v) is 7.48. The zero-order valence-corrected chi connectivity index (χ0v) is 13.4. The highest BCUT2D eigenvalue weighted by atomic mass is 16.5. The molecule has 23 heavy (non-hydrogen) atoms. The van der Waals surface area contributed by atoms with Crippen LogP contribution in [0.15, 0.2) is 24.3 Å². The van der Waals surface area contributed by atoms with Crippen LogP contribution in [0.4, 0.5) is 0 Å². The topological polar surface area (TPSA) is 68.2 Å². The van der Waals surface area contributed by atoms with Crippen molar-refractivity contribution in [3.05, 3.63) is 41.0 Å². The van der Waals surface area contributed by atoms with E-state index >= 15 is 0 Å². The molecule has 1 heterocycles. The lowest BCUT2D eigenvalue weighted by atomic mass is 9.95. The summed E-state index contributed by atoms with van der Waals surface area (Å²) < 4.78 is 16.4. The van der Waals surface area contributed by atoms with Crippen LogP contribution in [0, 0.1) is 6.92 Å². The van der Waals surface area contributed by atoms with Crippen LogP contribution in [-0.2, 0) is 6.42 Å². The molecule has 0 spiro atoms. The molecule has 0 amide bonds. The van der Waals surface area contributed by atoms with E-state index in [0.717, 1.165) is 35.3 Å². The molecule has 0 bridgehead atoms. The van der Waals surface area contributed by atoms with E-state index in [1.165, 1.54) is 14.2 Å². The van der Waals surface area contributed by atoms with Gasteiger partial charge in [-0.1, -0.05) is 6.07 Å². The van der Waals surface area contributed by atoms with Gasteiger partial charge in [0.2, 0.25) is 0 Å². The van der Waals surface area contributed by atoms with Crippen LogP contribution >= 0.6 is 0 Å². The standard InChI is InChI=1S/C18H20O5/c1-10-17-12(9-14(20)18(10)22-3)5-6-15(23-17)11-4-7-16(21-2)13(19)8-11/h4,7-9,15,19-20H,5-6H2,1-3H3/t15-/m0/s1. The zero-order valence-electron chi connectivity index (χ0n) is 13.4. The summed E-state index contributed by atoms with van der Waals surface area (Å²) in [4.78, 5) is 0. The summed E-state index contributed by atoms with van der Waals surface area (Å²) in [5.41, 5.74) is 2.64. The number of rotatable bonds is 3. The van der Waals surface area contributed by atoms with Crippen LogP contribution < -0.4 is 14.2 Å². The molecule has 2 aromatic rings. The van der Waals surface area contributed by atoms with Crippen LogP contribution in [0.5, 0.6) is 28.7 Å². The third-order valence-electron chi connectivity index (χ3n) is 4.23. The van der Waals surface area contributed by atoms with Crippen LogP contribution in [0.1, 0.15) is 29.2 Å². The van der Waals surface area contributed by atoms with E-state index in [9.17, 15) is 10.2 Å². The Balaban J connectivity index is 1.95. The number of aryl methyl sites for hydroxylation is 1. The first-order valence-electron chi connectivity index (χ1n) is 7.48. The molecule has 3 rings (SSSR count). The molecule has 0 saturated carbocycles. The van der Waals surface area contributed by atoms with Crippen molar-refractivity contribution in [1.82, 2.24) is 0 Å². The molecule has 0 aliphatic carbocycles. The Morgan fingerprint density at radius 2 is 1.87 bits per heavy atom. The van der Waals surface area contributed by atoms with Gasteiger partial charge in [-0.05, 0) is 49.1 Å². The van der Waals surface area contributed by atoms with Crippen molar-refractivity contribution in [2.75, 3.05) is 14.2 Å². The average molecular weight is 316 g/mol. The van der Waals surface area contributed by atoms with E-state index in [1.807, 2.05) is 13.0 Å². The number of ether oxygens (including phenoxy) is 3. The van der Waals surface area contributed by atoms with Crippen molar-refractivity contribution in [2.45, 2.75) is 25.9 Å². The van der Waals surface area contributed by atoms with Crippen molar-refractivity contribution in [2.24, 2.45) is 0 Å². The van der Waals surface area contributed by atoms with Gasteiger partial charge in [0.25, 0.3) is 0 Å². The van der Waals surface area contributed by atoms with Crippen LogP contribution in [0.25, 0.3) is 0 Å². The second-order valence-electron chi connectivity index (χ2n) is 5.62. The van der Waals surface area contributed by atoms with Crippen LogP contribution in [-0.4, -0.2) is 24.4 Å². The highest BCUT2D eigenvalue weighted by molar-refractivity contribution is 5.58. The SMILES string of the molecule is COc1ccc([C@@H]2CCc3cc(O)c(OC)c(C)c3O2)cc1O. The lowest BCUT2D eigenvalue weighted by Crippen LogP contribution is -2.16. The molecule has 1 aliphatic heterocycles. The van der Waals surface area contributed by atoms with Gasteiger partial charge in [0.15, 0.2) is 23.0 Å². The normalized spacial score (nSPS) is 16.4. The summed E-state index contributed by atoms with van der Waals surface area (Å²) in [7, 11) is 3.04. The van der Waals surface area contributed by atoms with Gasteiger partial charge in [0, 0.05) is 5.56 Å². The molecule has 5 heteroatoms. The van der Waals surface area contributed by atoms with E-state index in [4.69, 9.17) is 14.2 Å². The smallest absolute Gasteiger partial charge is 0.167 e. The molecule has 0 aromatic heterocycles.